The molecule has 4 rings (SSSR count). The van der Waals surface area contributed by atoms with Crippen molar-refractivity contribution in [2.75, 3.05) is 5.32 Å². The highest BCUT2D eigenvalue weighted by molar-refractivity contribution is 5.91. The summed E-state index contributed by atoms with van der Waals surface area (Å²) < 4.78 is 7.23. The smallest absolute Gasteiger partial charge is 0.288 e. The van der Waals surface area contributed by atoms with E-state index in [1.165, 1.54) is 12.5 Å². The number of nitrogens with zero attached hydrogens (tertiary/aromatic N) is 6. The van der Waals surface area contributed by atoms with Crippen molar-refractivity contribution in [2.24, 2.45) is 7.05 Å². The predicted octanol–water partition coefficient (Wildman–Crippen LogP) is 3.58. The van der Waals surface area contributed by atoms with Crippen molar-refractivity contribution in [1.29, 1.82) is 0 Å². The van der Waals surface area contributed by atoms with Gasteiger partial charge in [0.2, 0.25) is 11.7 Å². The minimum Gasteiger partial charge on any atom is -0.436 e. The zero-order valence-corrected chi connectivity index (χ0v) is 18.9. The van der Waals surface area contributed by atoms with E-state index in [9.17, 15) is 4.79 Å². The van der Waals surface area contributed by atoms with Gasteiger partial charge in [0.15, 0.2) is 17.5 Å². The second-order valence-electron chi connectivity index (χ2n) is 7.68. The maximum atomic E-state index is 12.4. The first kappa shape index (κ1) is 22.1. The van der Waals surface area contributed by atoms with Gasteiger partial charge in [0.25, 0.3) is 5.91 Å². The molecule has 3 aromatic heterocycles. The molecular weight excluding hydrogens is 420 g/mol. The molecule has 10 heteroatoms. The third-order valence-corrected chi connectivity index (χ3v) is 5.09. The Kier molecular flexibility index (Phi) is 6.72. The second-order valence-corrected chi connectivity index (χ2v) is 7.68. The first-order valence-electron chi connectivity index (χ1n) is 10.8. The van der Waals surface area contributed by atoms with Gasteiger partial charge in [-0.2, -0.15) is 10.1 Å². The topological polar surface area (TPSA) is 124 Å². The van der Waals surface area contributed by atoms with Gasteiger partial charge in [0.1, 0.15) is 6.33 Å². The van der Waals surface area contributed by atoms with Crippen LogP contribution in [0.2, 0.25) is 0 Å². The Morgan fingerprint density at radius 2 is 2.06 bits per heavy atom. The first-order valence-corrected chi connectivity index (χ1v) is 10.8. The van der Waals surface area contributed by atoms with E-state index in [0.29, 0.717) is 30.0 Å². The van der Waals surface area contributed by atoms with Crippen molar-refractivity contribution in [1.82, 2.24) is 35.0 Å². The molecule has 170 valence electrons. The highest BCUT2D eigenvalue weighted by Gasteiger charge is 2.13. The Hall–Kier alpha value is -4.08. The highest BCUT2D eigenvalue weighted by atomic mass is 16.4. The number of rotatable bonds is 9. The average Bonchev–Trinajstić information content (AvgIpc) is 3.45. The fourth-order valence-corrected chi connectivity index (χ4v) is 3.25. The van der Waals surface area contributed by atoms with Crippen LogP contribution in [0.5, 0.6) is 0 Å². The van der Waals surface area contributed by atoms with E-state index in [-0.39, 0.29) is 11.7 Å². The number of carbonyl (C=O) groups is 1. The third-order valence-electron chi connectivity index (χ3n) is 5.09. The molecule has 1 aromatic carbocycles. The average molecular weight is 447 g/mol. The molecule has 0 saturated heterocycles. The van der Waals surface area contributed by atoms with E-state index in [4.69, 9.17) is 4.42 Å². The molecular formula is C23H26N8O2. The molecule has 33 heavy (non-hydrogen) atoms. The summed E-state index contributed by atoms with van der Waals surface area (Å²) in [4.78, 5) is 29.5. The zero-order chi connectivity index (χ0) is 23.2. The van der Waals surface area contributed by atoms with Crippen LogP contribution < -0.4 is 10.6 Å². The van der Waals surface area contributed by atoms with Gasteiger partial charge in [0.05, 0.1) is 6.20 Å². The molecule has 0 spiro atoms. The summed E-state index contributed by atoms with van der Waals surface area (Å²) in [6.07, 6.45) is 7.54. The molecule has 0 fully saturated rings. The maximum absolute atomic E-state index is 12.4. The lowest BCUT2D eigenvalue weighted by molar-refractivity contribution is 0.0921. The number of hydrogen-bond acceptors (Lipinski definition) is 8. The summed E-state index contributed by atoms with van der Waals surface area (Å²) >= 11 is 0. The number of nitrogens with one attached hydrogen (secondary N) is 2. The van der Waals surface area contributed by atoms with E-state index >= 15 is 0 Å². The van der Waals surface area contributed by atoms with Crippen molar-refractivity contribution in [3.05, 3.63) is 65.8 Å². The van der Waals surface area contributed by atoms with Crippen molar-refractivity contribution < 1.29 is 9.21 Å². The number of carbonyl (C=O) groups excluding carboxylic acids is 1. The molecule has 3 heterocycles. The minimum atomic E-state index is -0.281. The van der Waals surface area contributed by atoms with Crippen LogP contribution in [0.25, 0.3) is 11.4 Å². The largest absolute Gasteiger partial charge is 0.436 e. The van der Waals surface area contributed by atoms with Crippen LogP contribution in [-0.4, -0.2) is 35.6 Å². The van der Waals surface area contributed by atoms with Gasteiger partial charge in [-0.15, -0.1) is 0 Å². The SMILES string of the molecule is CCCCc1ncc(C(=O)NCc2ccc(-c3ncnc(Nc4ccn(C)n4)n3)cc2C)o1. The lowest BCUT2D eigenvalue weighted by Crippen LogP contribution is -2.22. The quantitative estimate of drug-likeness (QED) is 0.400. The molecule has 0 radical (unpaired) electrons. The van der Waals surface area contributed by atoms with Crippen LogP contribution in [0.15, 0.2) is 47.4 Å². The van der Waals surface area contributed by atoms with Gasteiger partial charge < -0.3 is 15.1 Å². The van der Waals surface area contributed by atoms with Crippen LogP contribution in [0.4, 0.5) is 11.8 Å². The number of anilines is 2. The van der Waals surface area contributed by atoms with Gasteiger partial charge in [-0.1, -0.05) is 25.5 Å². The van der Waals surface area contributed by atoms with Crippen molar-refractivity contribution in [3.8, 4) is 11.4 Å². The number of aryl methyl sites for hydroxylation is 3. The van der Waals surface area contributed by atoms with Crippen LogP contribution in [0.3, 0.4) is 0 Å². The lowest BCUT2D eigenvalue weighted by atomic mass is 10.0. The minimum absolute atomic E-state index is 0.230. The summed E-state index contributed by atoms with van der Waals surface area (Å²) in [6.45, 7) is 4.46. The van der Waals surface area contributed by atoms with Gasteiger partial charge >= 0.3 is 0 Å². The fraction of sp³-hybridized carbons (Fsp3) is 0.304. The Bertz CT molecular complexity index is 1250. The molecule has 0 aliphatic rings. The van der Waals surface area contributed by atoms with Crippen LogP contribution >= 0.6 is 0 Å². The van der Waals surface area contributed by atoms with Gasteiger partial charge in [-0.25, -0.2) is 15.0 Å². The number of aromatic nitrogens is 6. The third kappa shape index (κ3) is 5.59. The lowest BCUT2D eigenvalue weighted by Gasteiger charge is -2.09. The molecule has 4 aromatic rings. The van der Waals surface area contributed by atoms with Crippen LogP contribution in [0.1, 0.15) is 47.3 Å². The molecule has 0 unspecified atom stereocenters. The molecule has 0 bridgehead atoms. The van der Waals surface area contributed by atoms with Crippen LogP contribution in [0, 0.1) is 6.92 Å². The van der Waals surface area contributed by atoms with Crippen molar-refractivity contribution >= 4 is 17.7 Å². The van der Waals surface area contributed by atoms with Crippen LogP contribution in [-0.2, 0) is 20.0 Å². The molecule has 10 nitrogen and oxygen atoms in total. The van der Waals surface area contributed by atoms with E-state index in [2.05, 4.69) is 42.6 Å². The summed E-state index contributed by atoms with van der Waals surface area (Å²) in [7, 11) is 1.84. The monoisotopic (exact) mass is 446 g/mol. The molecule has 2 N–H and O–H groups in total. The number of benzene rings is 1. The van der Waals surface area contributed by atoms with Gasteiger partial charge in [-0.3, -0.25) is 9.48 Å². The normalized spacial score (nSPS) is 10.9. The van der Waals surface area contributed by atoms with Crippen molar-refractivity contribution in [2.45, 2.75) is 39.7 Å². The molecule has 0 aliphatic carbocycles. The van der Waals surface area contributed by atoms with Crippen molar-refractivity contribution in [3.63, 3.8) is 0 Å². The summed E-state index contributed by atoms with van der Waals surface area (Å²) in [5.41, 5.74) is 2.84. The van der Waals surface area contributed by atoms with E-state index in [1.54, 1.807) is 4.68 Å². The van der Waals surface area contributed by atoms with E-state index in [0.717, 1.165) is 36.0 Å². The number of hydrogen-bond donors (Lipinski definition) is 2. The molecule has 0 aliphatic heterocycles. The number of oxazole rings is 1. The molecule has 1 amide bonds. The summed E-state index contributed by atoms with van der Waals surface area (Å²) in [5.74, 6) is 2.16. The fourth-order valence-electron chi connectivity index (χ4n) is 3.25. The Morgan fingerprint density at radius 3 is 2.82 bits per heavy atom. The molecule has 0 saturated carbocycles. The first-order chi connectivity index (χ1) is 16.0. The number of unbranched alkanes of at least 4 members (excludes halogenated alkanes) is 1. The summed E-state index contributed by atoms with van der Waals surface area (Å²) in [5, 5.41) is 10.2. The maximum Gasteiger partial charge on any atom is 0.288 e. The summed E-state index contributed by atoms with van der Waals surface area (Å²) in [6, 6.07) is 7.69. The zero-order valence-electron chi connectivity index (χ0n) is 18.9. The second kappa shape index (κ2) is 10.0. The highest BCUT2D eigenvalue weighted by Crippen LogP contribution is 2.20. The van der Waals surface area contributed by atoms with Gasteiger partial charge in [-0.05, 0) is 30.5 Å². The predicted molar refractivity (Wildman–Crippen MR) is 123 cm³/mol. The number of amides is 1. The molecule has 0 atom stereocenters. The Morgan fingerprint density at radius 1 is 1.18 bits per heavy atom. The standard InChI is InChI=1S/C23H26N8O2/c1-4-5-6-20-24-13-18(33-20)22(32)25-12-17-8-7-16(11-15(17)2)21-26-14-27-23(29-21)28-19-9-10-31(3)30-19/h7-11,13-14H,4-6,12H2,1-3H3,(H,25,32)(H,26,27,28,29,30). The van der Waals surface area contributed by atoms with E-state index < -0.39 is 0 Å². The Labute approximate surface area is 191 Å². The van der Waals surface area contributed by atoms with Gasteiger partial charge in [0, 0.05) is 37.8 Å². The Balaban J connectivity index is 1.40. The van der Waals surface area contributed by atoms with E-state index in [1.807, 2.05) is 44.4 Å².